The highest BCUT2D eigenvalue weighted by Gasteiger charge is 2.28. The molecule has 0 aliphatic rings. The topological polar surface area (TPSA) is 188 Å². The smallest absolute Gasteiger partial charge is 0.390 e. The van der Waals surface area contributed by atoms with E-state index in [1.54, 1.807) is 0 Å². The lowest BCUT2D eigenvalue weighted by Crippen LogP contribution is -2.34. The lowest BCUT2D eigenvalue weighted by atomic mass is 10.4. The predicted octanol–water partition coefficient (Wildman–Crippen LogP) is -1.72. The molecule has 116 valence electrons. The molecule has 1 heterocycles. The van der Waals surface area contributed by atoms with Gasteiger partial charge < -0.3 is 19.8 Å². The molecule has 1 aromatic heterocycles. The Kier molecular flexibility index (Phi) is 4.71. The Bertz CT molecular complexity index is 619. The zero-order chi connectivity index (χ0) is 16.2. The summed E-state index contributed by atoms with van der Waals surface area (Å²) in [6.07, 6.45) is -1.61. The zero-order valence-corrected chi connectivity index (χ0v) is 10.3. The lowest BCUT2D eigenvalue weighted by molar-refractivity contribution is -0.790. The number of aromatic nitrogens is 3. The van der Waals surface area contributed by atoms with Crippen LogP contribution >= 0.6 is 0 Å². The second kappa shape index (κ2) is 6.26. The Morgan fingerprint density at radius 1 is 1.24 bits per heavy atom. The van der Waals surface area contributed by atoms with E-state index in [2.05, 4.69) is 14.8 Å². The molecule has 0 bridgehead atoms. The van der Waals surface area contributed by atoms with Gasteiger partial charge in [-0.3, -0.25) is 0 Å². The van der Waals surface area contributed by atoms with Crippen LogP contribution in [0.15, 0.2) is 4.79 Å². The Morgan fingerprint density at radius 3 is 2.33 bits per heavy atom. The van der Waals surface area contributed by atoms with E-state index in [1.165, 1.54) is 0 Å². The van der Waals surface area contributed by atoms with Crippen molar-refractivity contribution in [1.29, 1.82) is 0 Å². The number of nitro groups is 1. The molecule has 1 unspecified atom stereocenters. The quantitative estimate of drug-likeness (QED) is 0.394. The summed E-state index contributed by atoms with van der Waals surface area (Å²) in [5.41, 5.74) is -0.945. The summed E-state index contributed by atoms with van der Waals surface area (Å²) in [5, 5.41) is 31.9. The predicted molar refractivity (Wildman–Crippen MR) is 58.9 cm³/mol. The molecule has 1 rings (SSSR count). The molecule has 0 amide bonds. The van der Waals surface area contributed by atoms with E-state index in [-0.39, 0.29) is 0 Å². The van der Waals surface area contributed by atoms with Crippen LogP contribution in [-0.2, 0) is 23.3 Å². The van der Waals surface area contributed by atoms with Crippen molar-refractivity contribution in [3.8, 4) is 0 Å². The van der Waals surface area contributed by atoms with Gasteiger partial charge in [0.25, 0.3) is 10.2 Å². The van der Waals surface area contributed by atoms with E-state index in [0.29, 0.717) is 9.25 Å². The summed E-state index contributed by atoms with van der Waals surface area (Å²) in [7, 11) is 1.13. The van der Waals surface area contributed by atoms with E-state index in [1.807, 2.05) is 0 Å². The van der Waals surface area contributed by atoms with Crippen molar-refractivity contribution in [2.24, 2.45) is 7.05 Å². The second-order valence-electron chi connectivity index (χ2n) is 3.54. The Balaban J connectivity index is 3.02. The SMILES string of the molecule is Cn1nc([N+](=O)[O-])n(CC(CO[N+](=O)[O-])O[N+](=O)[O-])c1=O. The maximum atomic E-state index is 11.6. The number of rotatable bonds is 8. The minimum absolute atomic E-state index is 0.470. The third kappa shape index (κ3) is 4.11. The van der Waals surface area contributed by atoms with Crippen LogP contribution < -0.4 is 5.69 Å². The fraction of sp³-hybridized carbons (Fsp3) is 0.667. The van der Waals surface area contributed by atoms with Crippen LogP contribution in [0.3, 0.4) is 0 Å². The second-order valence-corrected chi connectivity index (χ2v) is 3.54. The fourth-order valence-corrected chi connectivity index (χ4v) is 1.37. The first-order valence-electron chi connectivity index (χ1n) is 5.09. The lowest BCUT2D eigenvalue weighted by Gasteiger charge is -2.11. The van der Waals surface area contributed by atoms with Crippen molar-refractivity contribution < 1.29 is 24.8 Å². The summed E-state index contributed by atoms with van der Waals surface area (Å²) < 4.78 is 1.10. The van der Waals surface area contributed by atoms with Gasteiger partial charge in [0, 0.05) is 5.10 Å². The van der Waals surface area contributed by atoms with Gasteiger partial charge in [0.1, 0.15) is 13.2 Å². The molecule has 0 N–H and O–H groups in total. The summed E-state index contributed by atoms with van der Waals surface area (Å²) >= 11 is 0. The molecule has 0 saturated carbocycles. The van der Waals surface area contributed by atoms with Crippen LogP contribution in [0, 0.1) is 30.3 Å². The van der Waals surface area contributed by atoms with Gasteiger partial charge in [-0.15, -0.1) is 24.9 Å². The summed E-state index contributed by atoms with van der Waals surface area (Å²) in [4.78, 5) is 49.6. The molecule has 15 heteroatoms. The Morgan fingerprint density at radius 2 is 1.86 bits per heavy atom. The molecular weight excluding hydrogens is 300 g/mol. The van der Waals surface area contributed by atoms with Crippen LogP contribution in [0.2, 0.25) is 0 Å². The average molecular weight is 308 g/mol. The summed E-state index contributed by atoms with van der Waals surface area (Å²) in [6, 6.07) is 0. The third-order valence-electron chi connectivity index (χ3n) is 2.14. The largest absolute Gasteiger partial charge is 0.459 e. The maximum Gasteiger partial charge on any atom is 0.459 e. The molecular formula is C6H8N6O9. The highest BCUT2D eigenvalue weighted by Crippen LogP contribution is 2.07. The van der Waals surface area contributed by atoms with Crippen LogP contribution in [0.1, 0.15) is 0 Å². The first kappa shape index (κ1) is 15.8. The van der Waals surface area contributed by atoms with Gasteiger partial charge in [0.15, 0.2) is 6.10 Å². The van der Waals surface area contributed by atoms with Crippen molar-refractivity contribution in [1.82, 2.24) is 14.3 Å². The highest BCUT2D eigenvalue weighted by atomic mass is 17.0. The monoisotopic (exact) mass is 308 g/mol. The minimum Gasteiger partial charge on any atom is -0.390 e. The Hall–Kier alpha value is -3.26. The van der Waals surface area contributed by atoms with E-state index >= 15 is 0 Å². The molecule has 1 aromatic rings. The van der Waals surface area contributed by atoms with Crippen molar-refractivity contribution in [3.05, 3.63) is 40.8 Å². The molecule has 0 spiro atoms. The molecule has 0 aliphatic heterocycles. The van der Waals surface area contributed by atoms with Gasteiger partial charge in [0.05, 0.1) is 7.05 Å². The molecule has 0 aromatic carbocycles. The number of hydrogen-bond acceptors (Lipinski definition) is 10. The fourth-order valence-electron chi connectivity index (χ4n) is 1.37. The van der Waals surface area contributed by atoms with Gasteiger partial charge >= 0.3 is 11.6 Å². The molecule has 0 aliphatic carbocycles. The van der Waals surface area contributed by atoms with Gasteiger partial charge in [0.2, 0.25) is 0 Å². The minimum atomic E-state index is -1.61. The molecule has 0 fully saturated rings. The third-order valence-corrected chi connectivity index (χ3v) is 2.14. The van der Waals surface area contributed by atoms with Gasteiger partial charge in [-0.25, -0.2) is 4.79 Å². The summed E-state index contributed by atoms with van der Waals surface area (Å²) in [6.45, 7) is -1.62. The maximum absolute atomic E-state index is 11.6. The normalized spacial score (nSPS) is 11.7. The van der Waals surface area contributed by atoms with Crippen LogP contribution in [0.4, 0.5) is 5.95 Å². The van der Waals surface area contributed by atoms with Crippen LogP contribution in [-0.4, -0.2) is 42.2 Å². The highest BCUT2D eigenvalue weighted by molar-refractivity contribution is 5.03. The number of aryl methyl sites for hydroxylation is 1. The van der Waals surface area contributed by atoms with Gasteiger partial charge in [-0.2, -0.15) is 4.57 Å². The molecule has 1 atom stereocenters. The molecule has 15 nitrogen and oxygen atoms in total. The van der Waals surface area contributed by atoms with Crippen LogP contribution in [0.5, 0.6) is 0 Å². The molecule has 0 saturated heterocycles. The van der Waals surface area contributed by atoms with Crippen molar-refractivity contribution >= 4 is 5.95 Å². The van der Waals surface area contributed by atoms with Crippen LogP contribution in [0.25, 0.3) is 0 Å². The van der Waals surface area contributed by atoms with E-state index < -0.39 is 46.0 Å². The number of nitrogens with zero attached hydrogens (tertiary/aromatic N) is 6. The van der Waals surface area contributed by atoms with E-state index in [4.69, 9.17) is 0 Å². The zero-order valence-electron chi connectivity index (χ0n) is 10.3. The van der Waals surface area contributed by atoms with Gasteiger partial charge in [-0.1, -0.05) is 0 Å². The van der Waals surface area contributed by atoms with E-state index in [0.717, 1.165) is 7.05 Å². The standard InChI is InChI=1S/C6H8N6O9/c1-8-6(13)9(5(7-8)10(14)15)2-4(21-12(18)19)3-20-11(16)17/h4H,2-3H2,1H3. The van der Waals surface area contributed by atoms with Crippen molar-refractivity contribution in [2.45, 2.75) is 12.6 Å². The first-order chi connectivity index (χ1) is 9.72. The van der Waals surface area contributed by atoms with E-state index in [9.17, 15) is 35.1 Å². The molecule has 0 radical (unpaired) electrons. The Labute approximate surface area is 113 Å². The number of hydrogen-bond donors (Lipinski definition) is 0. The summed E-state index contributed by atoms with van der Waals surface area (Å²) in [5.74, 6) is -0.888. The molecule has 21 heavy (non-hydrogen) atoms. The first-order valence-corrected chi connectivity index (χ1v) is 5.09. The van der Waals surface area contributed by atoms with Gasteiger partial charge in [-0.05, 0) is 4.92 Å². The van der Waals surface area contributed by atoms with Crippen molar-refractivity contribution in [2.75, 3.05) is 6.61 Å². The van der Waals surface area contributed by atoms with Crippen molar-refractivity contribution in [3.63, 3.8) is 0 Å². The average Bonchev–Trinajstić information content (AvgIpc) is 2.63.